The van der Waals surface area contributed by atoms with Crippen molar-refractivity contribution in [2.24, 2.45) is 5.73 Å². The summed E-state index contributed by atoms with van der Waals surface area (Å²) in [4.78, 5) is 9.24. The van der Waals surface area contributed by atoms with Gasteiger partial charge >= 0.3 is 0 Å². The Morgan fingerprint density at radius 3 is 2.68 bits per heavy atom. The van der Waals surface area contributed by atoms with Crippen LogP contribution in [0.2, 0.25) is 0 Å². The molecule has 1 aliphatic rings. The van der Waals surface area contributed by atoms with E-state index in [0.717, 1.165) is 70.9 Å². The third kappa shape index (κ3) is 4.75. The average molecular weight is 456 g/mol. The van der Waals surface area contributed by atoms with Crippen molar-refractivity contribution in [3.05, 3.63) is 84.5 Å². The first kappa shape index (κ1) is 23.3. The van der Waals surface area contributed by atoms with Crippen LogP contribution in [0, 0.1) is 6.92 Å². The van der Waals surface area contributed by atoms with Gasteiger partial charge in [-0.05, 0) is 61.9 Å². The van der Waals surface area contributed by atoms with Crippen molar-refractivity contribution in [1.29, 1.82) is 0 Å². The molecule has 3 aromatic rings. The number of rotatable bonds is 7. The maximum Gasteiger partial charge on any atom is 0.116 e. The number of fused-ring (bicyclic) bond motifs is 1. The molecule has 1 saturated heterocycles. The molecule has 1 fully saturated rings. The molecular formula is C27H33N7. The fourth-order valence-corrected chi connectivity index (χ4v) is 4.22. The molecule has 7 nitrogen and oxygen atoms in total. The van der Waals surface area contributed by atoms with Gasteiger partial charge in [0.2, 0.25) is 0 Å². The number of nitrogens with two attached hydrogens (primary N) is 1. The monoisotopic (exact) mass is 455 g/mol. The summed E-state index contributed by atoms with van der Waals surface area (Å²) in [6.07, 6.45) is 9.39. The van der Waals surface area contributed by atoms with Gasteiger partial charge in [0, 0.05) is 37.3 Å². The van der Waals surface area contributed by atoms with Crippen LogP contribution in [0.4, 0.5) is 11.4 Å². The molecule has 0 amide bonds. The van der Waals surface area contributed by atoms with Crippen LogP contribution in [0.3, 0.4) is 0 Å². The molecule has 1 aliphatic heterocycles. The number of aromatic nitrogens is 3. The largest absolute Gasteiger partial charge is 0.399 e. The number of nitrogens with zero attached hydrogens (tertiary/aromatic N) is 4. The number of allylic oxidation sites excluding steroid dienone is 4. The molecule has 0 aliphatic carbocycles. The highest BCUT2D eigenvalue weighted by molar-refractivity contribution is 5.95. The normalized spacial score (nSPS) is 15.6. The van der Waals surface area contributed by atoms with Gasteiger partial charge in [-0.25, -0.2) is 0 Å². The number of aromatic amines is 1. The molecule has 0 radical (unpaired) electrons. The number of H-pyrrole nitrogens is 1. The molecule has 34 heavy (non-hydrogen) atoms. The van der Waals surface area contributed by atoms with Gasteiger partial charge in [0.1, 0.15) is 5.69 Å². The van der Waals surface area contributed by atoms with Gasteiger partial charge in [-0.15, -0.1) is 0 Å². The lowest BCUT2D eigenvalue weighted by molar-refractivity contribution is 0.312. The minimum absolute atomic E-state index is 0.620. The smallest absolute Gasteiger partial charge is 0.116 e. The molecule has 176 valence electrons. The summed E-state index contributed by atoms with van der Waals surface area (Å²) in [5.41, 5.74) is 14.3. The fourth-order valence-electron chi connectivity index (χ4n) is 4.22. The fraction of sp³-hybridized carbons (Fsp3) is 0.259. The van der Waals surface area contributed by atoms with Crippen LogP contribution in [0.25, 0.3) is 22.2 Å². The third-order valence-corrected chi connectivity index (χ3v) is 6.37. The quantitative estimate of drug-likeness (QED) is 0.454. The third-order valence-electron chi connectivity index (χ3n) is 6.37. The lowest BCUT2D eigenvalue weighted by atomic mass is 10.0. The van der Waals surface area contributed by atoms with E-state index < -0.39 is 0 Å². The lowest BCUT2D eigenvalue weighted by Crippen LogP contribution is -2.44. The first-order valence-electron chi connectivity index (χ1n) is 11.5. The highest BCUT2D eigenvalue weighted by atomic mass is 15.3. The second-order valence-electron chi connectivity index (χ2n) is 8.65. The van der Waals surface area contributed by atoms with Crippen LogP contribution >= 0.6 is 0 Å². The van der Waals surface area contributed by atoms with Gasteiger partial charge in [0.05, 0.1) is 35.0 Å². The van der Waals surface area contributed by atoms with E-state index in [-0.39, 0.29) is 0 Å². The van der Waals surface area contributed by atoms with Crippen molar-refractivity contribution >= 4 is 33.5 Å². The van der Waals surface area contributed by atoms with Gasteiger partial charge in [-0.3, -0.25) is 10.1 Å². The van der Waals surface area contributed by atoms with Crippen LogP contribution in [-0.2, 0) is 0 Å². The summed E-state index contributed by atoms with van der Waals surface area (Å²) >= 11 is 0. The van der Waals surface area contributed by atoms with E-state index in [4.69, 9.17) is 5.73 Å². The maximum absolute atomic E-state index is 5.98. The highest BCUT2D eigenvalue weighted by Gasteiger charge is 2.18. The summed E-state index contributed by atoms with van der Waals surface area (Å²) in [5.74, 6) is 0. The molecule has 2 aromatic heterocycles. The van der Waals surface area contributed by atoms with Crippen LogP contribution < -0.4 is 16.0 Å². The minimum Gasteiger partial charge on any atom is -0.399 e. The first-order chi connectivity index (χ1) is 16.4. The average Bonchev–Trinajstić information content (AvgIpc) is 3.27. The minimum atomic E-state index is 0.620. The van der Waals surface area contributed by atoms with Crippen LogP contribution in [0.1, 0.15) is 23.7 Å². The molecule has 0 atom stereocenters. The Kier molecular flexibility index (Phi) is 6.84. The van der Waals surface area contributed by atoms with E-state index in [1.54, 1.807) is 6.08 Å². The summed E-state index contributed by atoms with van der Waals surface area (Å²) in [6, 6.07) is 6.18. The summed E-state index contributed by atoms with van der Waals surface area (Å²) in [7, 11) is 2.16. The van der Waals surface area contributed by atoms with E-state index in [1.165, 1.54) is 0 Å². The van der Waals surface area contributed by atoms with Crippen molar-refractivity contribution in [2.45, 2.75) is 13.8 Å². The van der Waals surface area contributed by atoms with E-state index in [1.807, 2.05) is 37.5 Å². The van der Waals surface area contributed by atoms with Gasteiger partial charge < -0.3 is 20.9 Å². The predicted octanol–water partition coefficient (Wildman–Crippen LogP) is 4.53. The Morgan fingerprint density at radius 1 is 1.21 bits per heavy atom. The topological polar surface area (TPSA) is 86.1 Å². The maximum atomic E-state index is 5.98. The number of piperazine rings is 1. The number of likely N-dealkylation sites (N-methyl/N-ethyl adjacent to an activating group) is 1. The Morgan fingerprint density at radius 2 is 1.97 bits per heavy atom. The molecule has 3 heterocycles. The molecule has 4 N–H and O–H groups in total. The Hall–Kier alpha value is -3.84. The van der Waals surface area contributed by atoms with Crippen LogP contribution in [0.5, 0.6) is 0 Å². The molecule has 0 spiro atoms. The van der Waals surface area contributed by atoms with Crippen molar-refractivity contribution in [2.75, 3.05) is 43.4 Å². The Labute approximate surface area is 201 Å². The second-order valence-corrected chi connectivity index (χ2v) is 8.65. The van der Waals surface area contributed by atoms with E-state index >= 15 is 0 Å². The molecular weight excluding hydrogens is 422 g/mol. The summed E-state index contributed by atoms with van der Waals surface area (Å²) in [6.45, 7) is 16.2. The molecule has 0 bridgehead atoms. The lowest BCUT2D eigenvalue weighted by Gasteiger charge is -2.35. The number of hydrogen-bond donors (Lipinski definition) is 3. The summed E-state index contributed by atoms with van der Waals surface area (Å²) in [5, 5.41) is 12.1. The van der Waals surface area contributed by atoms with Crippen molar-refractivity contribution in [3.63, 3.8) is 0 Å². The zero-order valence-corrected chi connectivity index (χ0v) is 20.2. The molecule has 1 aromatic carbocycles. The molecule has 4 rings (SSSR count). The SMILES string of the molecule is C=C/C(N)=C\C(=C/C)c1ccc2[nH]nc(C(=C)Nc3cncc(N4CCN(C)CC4)c3C)c2c1. The Bertz CT molecular complexity index is 1270. The zero-order chi connectivity index (χ0) is 24.2. The Balaban J connectivity index is 1.62. The van der Waals surface area contributed by atoms with Gasteiger partial charge in [0.25, 0.3) is 0 Å². The molecule has 0 unspecified atom stereocenters. The van der Waals surface area contributed by atoms with Crippen molar-refractivity contribution in [3.8, 4) is 0 Å². The van der Waals surface area contributed by atoms with Gasteiger partial charge in [0.15, 0.2) is 0 Å². The van der Waals surface area contributed by atoms with Crippen molar-refractivity contribution < 1.29 is 0 Å². The predicted molar refractivity (Wildman–Crippen MR) is 144 cm³/mol. The number of pyridine rings is 1. The molecule has 7 heteroatoms. The van der Waals surface area contributed by atoms with E-state index in [2.05, 4.69) is 69.6 Å². The van der Waals surface area contributed by atoms with Gasteiger partial charge in [-0.2, -0.15) is 5.10 Å². The zero-order valence-electron chi connectivity index (χ0n) is 20.2. The number of nitrogens with one attached hydrogen (secondary N) is 2. The number of anilines is 2. The highest BCUT2D eigenvalue weighted by Crippen LogP contribution is 2.31. The standard InChI is InChI=1S/C27H33N7/c1-6-20(14-22(28)7-2)21-8-9-24-23(15-21)27(32-31-24)19(4)30-25-16-29-17-26(18(25)3)34-12-10-33(5)11-13-34/h6-9,14-17,30H,2,4,10-13,28H2,1,3,5H3,(H,31,32)/b20-6+,22-14+. The van der Waals surface area contributed by atoms with E-state index in [0.29, 0.717) is 11.4 Å². The summed E-state index contributed by atoms with van der Waals surface area (Å²) < 4.78 is 0. The van der Waals surface area contributed by atoms with Gasteiger partial charge in [-0.1, -0.05) is 25.3 Å². The van der Waals surface area contributed by atoms with Crippen LogP contribution in [-0.4, -0.2) is 53.3 Å². The number of benzene rings is 1. The number of hydrogen-bond acceptors (Lipinski definition) is 6. The molecule has 0 saturated carbocycles. The second kappa shape index (κ2) is 9.97. The van der Waals surface area contributed by atoms with Crippen LogP contribution in [0.15, 0.2) is 67.7 Å². The first-order valence-corrected chi connectivity index (χ1v) is 11.5. The van der Waals surface area contributed by atoms with E-state index in [9.17, 15) is 0 Å². The van der Waals surface area contributed by atoms with Crippen molar-refractivity contribution in [1.82, 2.24) is 20.1 Å².